The van der Waals surface area contributed by atoms with Crippen molar-refractivity contribution in [1.82, 2.24) is 0 Å². The molecule has 2 aromatic rings. The molecular formula is C26H21NO6. The molecule has 0 unspecified atom stereocenters. The Hall–Kier alpha value is -3.74. The van der Waals surface area contributed by atoms with E-state index in [1.165, 1.54) is 42.3 Å². The Kier molecular flexibility index (Phi) is 4.30. The fraction of sp³-hybridized carbons (Fsp3) is 0.308. The van der Waals surface area contributed by atoms with Crippen molar-refractivity contribution < 1.29 is 28.7 Å². The molecule has 0 aromatic heterocycles. The standard InChI is InChI=1S/C26H21NO6/c1-32-25(30)13-5-7-16(8-6-13)33-26(31)14-3-2-4-15(11-14)27-23(28)21-17-9-10-18(20-12-19(17)20)22(21)24(27)29/h2-11,17-22H,12H2,1H3/t17-,18+,19-,20-,21+,22+/m1/s1. The third-order valence-corrected chi connectivity index (χ3v) is 7.49. The number of allylic oxidation sites excluding steroid dienone is 2. The van der Waals surface area contributed by atoms with Gasteiger partial charge < -0.3 is 9.47 Å². The van der Waals surface area contributed by atoms with Gasteiger partial charge in [0.25, 0.3) is 0 Å². The van der Waals surface area contributed by atoms with Crippen LogP contribution in [0.15, 0.2) is 60.7 Å². The fourth-order valence-electron chi connectivity index (χ4n) is 5.93. The highest BCUT2D eigenvalue weighted by Gasteiger charge is 2.67. The van der Waals surface area contributed by atoms with Crippen molar-refractivity contribution in [1.29, 1.82) is 0 Å². The number of carbonyl (C=O) groups excluding carboxylic acids is 4. The molecule has 3 fully saturated rings. The largest absolute Gasteiger partial charge is 0.465 e. The van der Waals surface area contributed by atoms with Crippen LogP contribution in [0.4, 0.5) is 5.69 Å². The zero-order chi connectivity index (χ0) is 22.9. The monoisotopic (exact) mass is 443 g/mol. The van der Waals surface area contributed by atoms with Gasteiger partial charge in [-0.2, -0.15) is 0 Å². The van der Waals surface area contributed by atoms with E-state index >= 15 is 0 Å². The minimum absolute atomic E-state index is 0.146. The summed E-state index contributed by atoms with van der Waals surface area (Å²) in [4.78, 5) is 52.1. The number of benzene rings is 2. The summed E-state index contributed by atoms with van der Waals surface area (Å²) in [7, 11) is 1.29. The minimum Gasteiger partial charge on any atom is -0.465 e. The summed E-state index contributed by atoms with van der Waals surface area (Å²) in [6.07, 6.45) is 5.37. The van der Waals surface area contributed by atoms with E-state index in [0.29, 0.717) is 23.1 Å². The summed E-state index contributed by atoms with van der Waals surface area (Å²) in [6, 6.07) is 12.4. The number of rotatable bonds is 4. The van der Waals surface area contributed by atoms with Crippen molar-refractivity contribution in [3.05, 3.63) is 71.8 Å². The lowest BCUT2D eigenvalue weighted by Gasteiger charge is -2.37. The minimum atomic E-state index is -0.623. The van der Waals surface area contributed by atoms with Crippen LogP contribution in [-0.2, 0) is 14.3 Å². The Labute approximate surface area is 190 Å². The van der Waals surface area contributed by atoms with Crippen LogP contribution in [0.25, 0.3) is 0 Å². The average molecular weight is 443 g/mol. The van der Waals surface area contributed by atoms with Gasteiger partial charge in [0.1, 0.15) is 5.75 Å². The average Bonchev–Trinajstić information content (AvgIpc) is 3.62. The van der Waals surface area contributed by atoms with Crippen LogP contribution in [0, 0.1) is 35.5 Å². The highest BCUT2D eigenvalue weighted by Crippen LogP contribution is 2.65. The second-order valence-corrected chi connectivity index (χ2v) is 9.12. The molecular weight excluding hydrogens is 422 g/mol. The number of hydrogen-bond acceptors (Lipinski definition) is 6. The maximum Gasteiger partial charge on any atom is 0.343 e. The molecule has 0 spiro atoms. The molecule has 2 saturated carbocycles. The van der Waals surface area contributed by atoms with E-state index in [1.54, 1.807) is 18.2 Å². The van der Waals surface area contributed by atoms with Crippen LogP contribution < -0.4 is 9.64 Å². The van der Waals surface area contributed by atoms with E-state index in [0.717, 1.165) is 6.42 Å². The quantitative estimate of drug-likeness (QED) is 0.312. The summed E-state index contributed by atoms with van der Waals surface area (Å²) in [6.45, 7) is 0. The number of esters is 2. The summed E-state index contributed by atoms with van der Waals surface area (Å²) in [5.74, 6) is -0.407. The number of anilines is 1. The van der Waals surface area contributed by atoms with E-state index in [4.69, 9.17) is 4.74 Å². The van der Waals surface area contributed by atoms with Gasteiger partial charge in [-0.1, -0.05) is 18.2 Å². The lowest BCUT2D eigenvalue weighted by molar-refractivity contribution is -0.124. The van der Waals surface area contributed by atoms with Gasteiger partial charge in [-0.3, -0.25) is 9.59 Å². The summed E-state index contributed by atoms with van der Waals surface area (Å²) in [5.41, 5.74) is 0.958. The first-order chi connectivity index (χ1) is 16.0. The van der Waals surface area contributed by atoms with Gasteiger partial charge in [0, 0.05) is 0 Å². The third-order valence-electron chi connectivity index (χ3n) is 7.49. The Morgan fingerprint density at radius 1 is 0.848 bits per heavy atom. The van der Waals surface area contributed by atoms with Gasteiger partial charge in [-0.25, -0.2) is 14.5 Å². The van der Waals surface area contributed by atoms with Crippen LogP contribution in [0.2, 0.25) is 0 Å². The molecule has 7 heteroatoms. The summed E-state index contributed by atoms with van der Waals surface area (Å²) < 4.78 is 10.1. The van der Waals surface area contributed by atoms with Crippen molar-refractivity contribution in [2.24, 2.45) is 35.5 Å². The van der Waals surface area contributed by atoms with Gasteiger partial charge >= 0.3 is 11.9 Å². The van der Waals surface area contributed by atoms with Gasteiger partial charge in [-0.05, 0) is 72.6 Å². The smallest absolute Gasteiger partial charge is 0.343 e. The molecule has 2 aromatic carbocycles. The number of carbonyl (C=O) groups is 4. The highest BCUT2D eigenvalue weighted by molar-refractivity contribution is 6.23. The molecule has 2 amide bonds. The zero-order valence-electron chi connectivity index (χ0n) is 17.8. The van der Waals surface area contributed by atoms with E-state index < -0.39 is 11.9 Å². The fourth-order valence-corrected chi connectivity index (χ4v) is 5.93. The maximum absolute atomic E-state index is 13.3. The molecule has 1 aliphatic heterocycles. The van der Waals surface area contributed by atoms with Crippen molar-refractivity contribution in [3.8, 4) is 5.75 Å². The predicted octanol–water partition coefficient (Wildman–Crippen LogP) is 3.25. The lowest BCUT2D eigenvalue weighted by atomic mass is 9.63. The number of ether oxygens (including phenoxy) is 2. The number of methoxy groups -OCH3 is 1. The van der Waals surface area contributed by atoms with Crippen molar-refractivity contribution >= 4 is 29.4 Å². The molecule has 4 aliphatic carbocycles. The number of hydrogen-bond donors (Lipinski definition) is 0. The highest BCUT2D eigenvalue weighted by atomic mass is 16.5. The van der Waals surface area contributed by atoms with Crippen LogP contribution in [0.5, 0.6) is 5.75 Å². The SMILES string of the molecule is COC(=O)c1ccc(OC(=O)c2cccc(N3C(=O)[C@H]4[C@@H]5C=C[C@@H]([C@H]6C[C@H]56)[C@@H]4C3=O)c2)cc1. The molecule has 2 bridgehead atoms. The second-order valence-electron chi connectivity index (χ2n) is 9.12. The summed E-state index contributed by atoms with van der Waals surface area (Å²) >= 11 is 0. The Balaban J connectivity index is 1.23. The molecule has 1 saturated heterocycles. The number of imide groups is 1. The first-order valence-electron chi connectivity index (χ1n) is 11.0. The van der Waals surface area contributed by atoms with Crippen LogP contribution >= 0.6 is 0 Å². The second kappa shape index (κ2) is 7.13. The predicted molar refractivity (Wildman–Crippen MR) is 116 cm³/mol. The Morgan fingerprint density at radius 2 is 1.48 bits per heavy atom. The number of amides is 2. The molecule has 7 nitrogen and oxygen atoms in total. The van der Waals surface area contributed by atoms with Gasteiger partial charge in [0.05, 0.1) is 35.8 Å². The zero-order valence-corrected chi connectivity index (χ0v) is 17.8. The van der Waals surface area contributed by atoms with E-state index in [1.807, 2.05) is 0 Å². The van der Waals surface area contributed by atoms with Crippen molar-refractivity contribution in [2.75, 3.05) is 12.0 Å². The van der Waals surface area contributed by atoms with Gasteiger partial charge in [0.15, 0.2) is 0 Å². The Morgan fingerprint density at radius 3 is 2.09 bits per heavy atom. The molecule has 166 valence electrons. The Bertz CT molecular complexity index is 1200. The third kappa shape index (κ3) is 2.95. The molecule has 33 heavy (non-hydrogen) atoms. The summed E-state index contributed by atoms with van der Waals surface area (Å²) in [5, 5.41) is 0. The molecule has 5 aliphatic rings. The maximum atomic E-state index is 13.3. The lowest BCUT2D eigenvalue weighted by Crippen LogP contribution is -2.40. The van der Waals surface area contributed by atoms with Crippen LogP contribution in [0.3, 0.4) is 0 Å². The van der Waals surface area contributed by atoms with Crippen molar-refractivity contribution in [3.63, 3.8) is 0 Å². The van der Waals surface area contributed by atoms with Crippen molar-refractivity contribution in [2.45, 2.75) is 6.42 Å². The topological polar surface area (TPSA) is 90.0 Å². The first-order valence-corrected chi connectivity index (χ1v) is 11.0. The van der Waals surface area contributed by atoms with Crippen LogP contribution in [0.1, 0.15) is 27.1 Å². The molecule has 0 N–H and O–H groups in total. The molecule has 7 rings (SSSR count). The molecule has 0 radical (unpaired) electrons. The molecule has 6 atom stereocenters. The van der Waals surface area contributed by atoms with Gasteiger partial charge in [0.2, 0.25) is 11.8 Å². The number of nitrogens with zero attached hydrogens (tertiary/aromatic N) is 1. The first kappa shape index (κ1) is 19.9. The van der Waals surface area contributed by atoms with E-state index in [9.17, 15) is 19.2 Å². The normalized spacial score (nSPS) is 30.6. The molecule has 1 heterocycles. The van der Waals surface area contributed by atoms with E-state index in [2.05, 4.69) is 16.9 Å². The van der Waals surface area contributed by atoms with E-state index in [-0.39, 0.29) is 46.8 Å². The van der Waals surface area contributed by atoms with Crippen LogP contribution in [-0.4, -0.2) is 30.9 Å². The van der Waals surface area contributed by atoms with Gasteiger partial charge in [-0.15, -0.1) is 0 Å².